The summed E-state index contributed by atoms with van der Waals surface area (Å²) >= 11 is 1.98. The van der Waals surface area contributed by atoms with Crippen LogP contribution >= 0.6 is 23.5 Å². The number of rotatable bonds is 2. The molecule has 0 saturated carbocycles. The van der Waals surface area contributed by atoms with Gasteiger partial charge in [0.1, 0.15) is 40.2 Å². The number of nitrogens with one attached hydrogen (secondary N) is 1. The van der Waals surface area contributed by atoms with Crippen molar-refractivity contribution in [2.24, 2.45) is 0 Å². The number of hydrogen-bond donors (Lipinski definition) is 1. The zero-order chi connectivity index (χ0) is 27.2. The Kier molecular flexibility index (Phi) is 6.44. The van der Waals surface area contributed by atoms with Crippen LogP contribution in [0.3, 0.4) is 0 Å². The van der Waals surface area contributed by atoms with E-state index in [4.69, 9.17) is 9.47 Å². The standard InChI is InChI=1S/C23H14N6O6S2/c1-9(30)34-16-14-18(36-22(28(14)3)12(7-25)8-26)17(35-10(2)31)15-19(16)37-23(29(15)4)13-5-11(6-24)20(32)27-21(13)33/h5H,1-4H3,(H,27,32,33)/b23-13+. The summed E-state index contributed by atoms with van der Waals surface area (Å²) < 4.78 is 11.2. The molecule has 3 aliphatic heterocycles. The molecule has 12 nitrogen and oxygen atoms in total. The van der Waals surface area contributed by atoms with Crippen LogP contribution in [0.2, 0.25) is 0 Å². The molecule has 0 saturated heterocycles. The number of ether oxygens (including phenoxy) is 2. The molecule has 14 heteroatoms. The van der Waals surface area contributed by atoms with Crippen LogP contribution in [-0.4, -0.2) is 37.8 Å². The maximum absolute atomic E-state index is 12.7. The Labute approximate surface area is 218 Å². The molecular weight excluding hydrogens is 520 g/mol. The van der Waals surface area contributed by atoms with Gasteiger partial charge in [-0.25, -0.2) is 0 Å². The second kappa shape index (κ2) is 9.39. The van der Waals surface area contributed by atoms with Crippen molar-refractivity contribution in [1.82, 2.24) is 5.32 Å². The van der Waals surface area contributed by atoms with Gasteiger partial charge in [-0.05, 0) is 6.08 Å². The van der Waals surface area contributed by atoms with Crippen molar-refractivity contribution < 1.29 is 28.7 Å². The van der Waals surface area contributed by atoms with Crippen molar-refractivity contribution in [1.29, 1.82) is 15.8 Å². The second-order valence-electron chi connectivity index (χ2n) is 7.60. The van der Waals surface area contributed by atoms with E-state index in [1.165, 1.54) is 23.6 Å². The highest BCUT2D eigenvalue weighted by Gasteiger charge is 2.43. The summed E-state index contributed by atoms with van der Waals surface area (Å²) in [7, 11) is 3.13. The predicted octanol–water partition coefficient (Wildman–Crippen LogP) is 2.20. The van der Waals surface area contributed by atoms with Gasteiger partial charge in [-0.1, -0.05) is 23.5 Å². The first-order valence-electron chi connectivity index (χ1n) is 10.2. The average Bonchev–Trinajstić information content (AvgIpc) is 3.35. The summed E-state index contributed by atoms with van der Waals surface area (Å²) in [5.41, 5.74) is 0.0673. The van der Waals surface area contributed by atoms with Crippen molar-refractivity contribution in [3.05, 3.63) is 32.9 Å². The molecule has 1 N–H and O–H groups in total. The number of esters is 2. The lowest BCUT2D eigenvalue weighted by Gasteiger charge is -2.22. The maximum Gasteiger partial charge on any atom is 0.308 e. The Balaban J connectivity index is 2.06. The van der Waals surface area contributed by atoms with E-state index in [0.29, 0.717) is 9.79 Å². The van der Waals surface area contributed by atoms with Gasteiger partial charge in [-0.2, -0.15) is 15.8 Å². The molecule has 1 aromatic rings. The predicted molar refractivity (Wildman–Crippen MR) is 130 cm³/mol. The van der Waals surface area contributed by atoms with Crippen LogP contribution in [-0.2, 0) is 19.2 Å². The highest BCUT2D eigenvalue weighted by molar-refractivity contribution is 8.04. The molecule has 0 atom stereocenters. The van der Waals surface area contributed by atoms with Gasteiger partial charge in [-0.15, -0.1) is 0 Å². The summed E-state index contributed by atoms with van der Waals surface area (Å²) in [4.78, 5) is 52.4. The van der Waals surface area contributed by atoms with E-state index < -0.39 is 23.8 Å². The summed E-state index contributed by atoms with van der Waals surface area (Å²) in [6.07, 6.45) is 1.16. The lowest BCUT2D eigenvalue weighted by molar-refractivity contribution is -0.133. The van der Waals surface area contributed by atoms with Crippen molar-refractivity contribution in [3.63, 3.8) is 0 Å². The van der Waals surface area contributed by atoms with Gasteiger partial charge in [0.05, 0.1) is 20.4 Å². The molecule has 1 aromatic carbocycles. The van der Waals surface area contributed by atoms with Crippen molar-refractivity contribution in [2.45, 2.75) is 23.6 Å². The van der Waals surface area contributed by atoms with Gasteiger partial charge >= 0.3 is 11.9 Å². The van der Waals surface area contributed by atoms with Crippen LogP contribution < -0.4 is 24.6 Å². The van der Waals surface area contributed by atoms with Gasteiger partial charge < -0.3 is 19.3 Å². The number of carbonyl (C=O) groups excluding carboxylic acids is 4. The van der Waals surface area contributed by atoms with Crippen molar-refractivity contribution >= 4 is 58.7 Å². The van der Waals surface area contributed by atoms with Gasteiger partial charge in [0, 0.05) is 27.9 Å². The van der Waals surface area contributed by atoms with E-state index in [1.807, 2.05) is 12.1 Å². The first-order valence-corrected chi connectivity index (χ1v) is 11.9. The summed E-state index contributed by atoms with van der Waals surface area (Å²) in [6, 6.07) is 5.39. The van der Waals surface area contributed by atoms with Crippen LogP contribution in [0.1, 0.15) is 13.8 Å². The van der Waals surface area contributed by atoms with Gasteiger partial charge in [0.25, 0.3) is 11.8 Å². The number of nitriles is 3. The fourth-order valence-corrected chi connectivity index (χ4v) is 6.19. The minimum absolute atomic E-state index is 0.000370. The van der Waals surface area contributed by atoms with Crippen LogP contribution in [0.5, 0.6) is 11.5 Å². The van der Waals surface area contributed by atoms with Crippen LogP contribution in [0.4, 0.5) is 11.4 Å². The molecule has 2 amide bonds. The van der Waals surface area contributed by atoms with E-state index in [9.17, 15) is 35.0 Å². The number of fused-ring (bicyclic) bond motifs is 2. The van der Waals surface area contributed by atoms with E-state index in [-0.39, 0.29) is 49.7 Å². The Morgan fingerprint density at radius 3 is 1.95 bits per heavy atom. The van der Waals surface area contributed by atoms with E-state index in [0.717, 1.165) is 29.6 Å². The smallest absolute Gasteiger partial charge is 0.308 e. The molecule has 3 aliphatic rings. The number of benzene rings is 1. The SMILES string of the molecule is CC(=O)Oc1c2c(c(OC(C)=O)c3c1N(C)C(=C(C#N)C#N)S3)N(C)/C(=C1/C=C(C#N)C(=O)NC1=O)S2. The topological polar surface area (TPSA) is 177 Å². The number of hydrogen-bond acceptors (Lipinski definition) is 13. The first kappa shape index (κ1) is 25.4. The largest absolute Gasteiger partial charge is 0.423 e. The number of anilines is 2. The number of nitrogens with zero attached hydrogens (tertiary/aromatic N) is 5. The fraction of sp³-hybridized carbons (Fsp3) is 0.174. The molecule has 0 aromatic heterocycles. The Bertz CT molecular complexity index is 1540. The lowest BCUT2D eigenvalue weighted by Crippen LogP contribution is -2.37. The van der Waals surface area contributed by atoms with Crippen molar-refractivity contribution in [3.8, 4) is 29.7 Å². The molecule has 0 aliphatic carbocycles. The first-order chi connectivity index (χ1) is 17.5. The Morgan fingerprint density at radius 1 is 0.892 bits per heavy atom. The fourth-order valence-electron chi connectivity index (χ4n) is 3.78. The minimum atomic E-state index is -0.830. The number of imide groups is 1. The minimum Gasteiger partial charge on any atom is -0.423 e. The van der Waals surface area contributed by atoms with E-state index in [2.05, 4.69) is 5.32 Å². The summed E-state index contributed by atoms with van der Waals surface area (Å²) in [5.74, 6) is -2.80. The van der Waals surface area contributed by atoms with Crippen LogP contribution in [0.25, 0.3) is 0 Å². The molecule has 0 radical (unpaired) electrons. The molecule has 0 unspecified atom stereocenters. The van der Waals surface area contributed by atoms with E-state index in [1.54, 1.807) is 20.2 Å². The molecule has 184 valence electrons. The summed E-state index contributed by atoms with van der Waals surface area (Å²) in [5, 5.41) is 30.8. The molecule has 3 heterocycles. The van der Waals surface area contributed by atoms with Crippen LogP contribution in [0.15, 0.2) is 42.6 Å². The Hall–Kier alpha value is -4.71. The van der Waals surface area contributed by atoms with Gasteiger partial charge in [0.15, 0.2) is 17.1 Å². The third-order valence-corrected chi connectivity index (χ3v) is 7.76. The zero-order valence-electron chi connectivity index (χ0n) is 19.6. The second-order valence-corrected chi connectivity index (χ2v) is 9.60. The van der Waals surface area contributed by atoms with Crippen molar-refractivity contribution in [2.75, 3.05) is 23.9 Å². The molecule has 0 bridgehead atoms. The average molecular weight is 535 g/mol. The number of allylic oxidation sites excluding steroid dienone is 1. The number of thioether (sulfide) groups is 2. The zero-order valence-corrected chi connectivity index (χ0v) is 21.2. The van der Waals surface area contributed by atoms with E-state index >= 15 is 0 Å². The third-order valence-electron chi connectivity index (χ3n) is 5.24. The maximum atomic E-state index is 12.7. The number of amides is 2. The molecule has 0 spiro atoms. The highest BCUT2D eigenvalue weighted by atomic mass is 32.2. The molecule has 0 fully saturated rings. The monoisotopic (exact) mass is 534 g/mol. The highest BCUT2D eigenvalue weighted by Crippen LogP contribution is 2.65. The molecule has 4 rings (SSSR count). The van der Waals surface area contributed by atoms with Gasteiger partial charge in [0.2, 0.25) is 0 Å². The molecular formula is C23H14N6O6S2. The van der Waals surface area contributed by atoms with Crippen LogP contribution in [0, 0.1) is 34.0 Å². The summed E-state index contributed by atoms with van der Waals surface area (Å²) in [6.45, 7) is 2.39. The van der Waals surface area contributed by atoms with Gasteiger partial charge in [-0.3, -0.25) is 24.5 Å². The Morgan fingerprint density at radius 2 is 1.43 bits per heavy atom. The third kappa shape index (κ3) is 4.06. The molecule has 37 heavy (non-hydrogen) atoms. The number of carbonyl (C=O) groups is 4. The lowest BCUT2D eigenvalue weighted by atomic mass is 10.1. The quantitative estimate of drug-likeness (QED) is 0.192. The normalized spacial score (nSPS) is 17.6.